The van der Waals surface area contributed by atoms with E-state index in [9.17, 15) is 0 Å². The molecular formula is C13H24N4O. The van der Waals surface area contributed by atoms with E-state index in [1.165, 1.54) is 12.8 Å². The molecule has 0 amide bonds. The van der Waals surface area contributed by atoms with E-state index in [4.69, 9.17) is 4.52 Å². The van der Waals surface area contributed by atoms with Gasteiger partial charge < -0.3 is 9.84 Å². The molecule has 2 unspecified atom stereocenters. The van der Waals surface area contributed by atoms with Gasteiger partial charge in [0.05, 0.1) is 6.04 Å². The molecule has 0 bridgehead atoms. The standard InChI is InChI=1S/C13H24N4O/c1-4-17-8-6-5-7-11(17)13-15-12(18-16-13)9-10(2)14-3/h10-11,14H,4-9H2,1-3H3. The summed E-state index contributed by atoms with van der Waals surface area (Å²) in [4.78, 5) is 7.00. The van der Waals surface area contributed by atoms with Crippen molar-refractivity contribution >= 4 is 0 Å². The fourth-order valence-corrected chi connectivity index (χ4v) is 2.51. The predicted molar refractivity (Wildman–Crippen MR) is 70.4 cm³/mol. The topological polar surface area (TPSA) is 54.2 Å². The predicted octanol–water partition coefficient (Wildman–Crippen LogP) is 1.77. The Morgan fingerprint density at radius 3 is 3.06 bits per heavy atom. The van der Waals surface area contributed by atoms with Crippen LogP contribution in [0.4, 0.5) is 0 Å². The van der Waals surface area contributed by atoms with Crippen LogP contribution in [0.5, 0.6) is 0 Å². The molecule has 102 valence electrons. The van der Waals surface area contributed by atoms with E-state index >= 15 is 0 Å². The van der Waals surface area contributed by atoms with Crippen molar-refractivity contribution in [2.75, 3.05) is 20.1 Å². The van der Waals surface area contributed by atoms with Crippen LogP contribution in [0.2, 0.25) is 0 Å². The average molecular weight is 252 g/mol. The number of nitrogens with one attached hydrogen (secondary N) is 1. The smallest absolute Gasteiger partial charge is 0.228 e. The summed E-state index contributed by atoms with van der Waals surface area (Å²) in [5.41, 5.74) is 0. The van der Waals surface area contributed by atoms with Gasteiger partial charge in [0.1, 0.15) is 0 Å². The molecule has 0 aliphatic carbocycles. The normalized spacial score (nSPS) is 23.2. The molecule has 1 fully saturated rings. The highest BCUT2D eigenvalue weighted by Gasteiger charge is 2.26. The number of hydrogen-bond donors (Lipinski definition) is 1. The van der Waals surface area contributed by atoms with Crippen molar-refractivity contribution in [2.45, 2.75) is 51.6 Å². The van der Waals surface area contributed by atoms with Gasteiger partial charge in [-0.2, -0.15) is 4.98 Å². The summed E-state index contributed by atoms with van der Waals surface area (Å²) < 4.78 is 5.36. The molecule has 1 aliphatic heterocycles. The molecule has 2 rings (SSSR count). The summed E-state index contributed by atoms with van der Waals surface area (Å²) in [6, 6.07) is 0.720. The molecule has 0 radical (unpaired) electrons. The van der Waals surface area contributed by atoms with Crippen molar-refractivity contribution in [3.05, 3.63) is 11.7 Å². The van der Waals surface area contributed by atoms with Gasteiger partial charge in [0.25, 0.3) is 0 Å². The minimum atomic E-state index is 0.353. The summed E-state index contributed by atoms with van der Waals surface area (Å²) in [5, 5.41) is 7.35. The average Bonchev–Trinajstić information content (AvgIpc) is 2.86. The lowest BCUT2D eigenvalue weighted by Crippen LogP contribution is -2.33. The maximum absolute atomic E-state index is 5.36. The SMILES string of the molecule is CCN1CCCCC1c1noc(CC(C)NC)n1. The van der Waals surface area contributed by atoms with Crippen LogP contribution in [-0.2, 0) is 6.42 Å². The molecule has 0 saturated carbocycles. The molecule has 5 heteroatoms. The maximum atomic E-state index is 5.36. The van der Waals surface area contributed by atoms with Crippen molar-refractivity contribution < 1.29 is 4.52 Å². The minimum absolute atomic E-state index is 0.353. The van der Waals surface area contributed by atoms with Gasteiger partial charge in [-0.25, -0.2) is 0 Å². The van der Waals surface area contributed by atoms with Gasteiger partial charge in [-0.3, -0.25) is 4.90 Å². The van der Waals surface area contributed by atoms with Crippen molar-refractivity contribution in [1.29, 1.82) is 0 Å². The second kappa shape index (κ2) is 6.29. The van der Waals surface area contributed by atoms with E-state index in [0.717, 1.165) is 37.6 Å². The second-order valence-corrected chi connectivity index (χ2v) is 5.08. The summed E-state index contributed by atoms with van der Waals surface area (Å²) in [6.07, 6.45) is 4.49. The van der Waals surface area contributed by atoms with E-state index in [1.54, 1.807) is 0 Å². The molecule has 1 saturated heterocycles. The lowest BCUT2D eigenvalue weighted by atomic mass is 10.0. The Morgan fingerprint density at radius 1 is 1.50 bits per heavy atom. The van der Waals surface area contributed by atoms with E-state index in [0.29, 0.717) is 12.1 Å². The highest BCUT2D eigenvalue weighted by atomic mass is 16.5. The Hall–Kier alpha value is -0.940. The monoisotopic (exact) mass is 252 g/mol. The van der Waals surface area contributed by atoms with Gasteiger partial charge in [0.2, 0.25) is 5.89 Å². The van der Waals surface area contributed by atoms with Crippen LogP contribution in [0.25, 0.3) is 0 Å². The first kappa shape index (κ1) is 13.5. The molecule has 0 spiro atoms. The van der Waals surface area contributed by atoms with Crippen molar-refractivity contribution in [3.8, 4) is 0 Å². The van der Waals surface area contributed by atoms with Gasteiger partial charge in [0.15, 0.2) is 5.82 Å². The van der Waals surface area contributed by atoms with Crippen LogP contribution in [0, 0.1) is 0 Å². The molecule has 18 heavy (non-hydrogen) atoms. The second-order valence-electron chi connectivity index (χ2n) is 5.08. The highest BCUT2D eigenvalue weighted by molar-refractivity contribution is 4.97. The Morgan fingerprint density at radius 2 is 2.33 bits per heavy atom. The van der Waals surface area contributed by atoms with Gasteiger partial charge >= 0.3 is 0 Å². The molecule has 1 N–H and O–H groups in total. The van der Waals surface area contributed by atoms with Gasteiger partial charge in [0, 0.05) is 12.5 Å². The number of nitrogens with zero attached hydrogens (tertiary/aromatic N) is 3. The van der Waals surface area contributed by atoms with Crippen LogP contribution in [0.1, 0.15) is 50.9 Å². The van der Waals surface area contributed by atoms with Gasteiger partial charge in [-0.15, -0.1) is 0 Å². The third-order valence-electron chi connectivity index (χ3n) is 3.78. The largest absolute Gasteiger partial charge is 0.339 e. The van der Waals surface area contributed by atoms with Crippen LogP contribution in [-0.4, -0.2) is 41.2 Å². The summed E-state index contributed by atoms with van der Waals surface area (Å²) >= 11 is 0. The Kier molecular flexibility index (Phi) is 4.72. The van der Waals surface area contributed by atoms with Crippen LogP contribution < -0.4 is 5.32 Å². The lowest BCUT2D eigenvalue weighted by Gasteiger charge is -2.32. The molecule has 2 heterocycles. The first-order chi connectivity index (χ1) is 8.74. The number of hydrogen-bond acceptors (Lipinski definition) is 5. The number of likely N-dealkylation sites (N-methyl/N-ethyl adjacent to an activating group) is 1. The molecule has 1 aromatic rings. The molecule has 2 atom stereocenters. The van der Waals surface area contributed by atoms with E-state index < -0.39 is 0 Å². The van der Waals surface area contributed by atoms with Crippen LogP contribution >= 0.6 is 0 Å². The van der Waals surface area contributed by atoms with Gasteiger partial charge in [-0.1, -0.05) is 18.5 Å². The third kappa shape index (κ3) is 3.09. The number of aromatic nitrogens is 2. The minimum Gasteiger partial charge on any atom is -0.339 e. The van der Waals surface area contributed by atoms with Crippen molar-refractivity contribution in [1.82, 2.24) is 20.4 Å². The number of likely N-dealkylation sites (tertiary alicyclic amines) is 1. The van der Waals surface area contributed by atoms with Crippen molar-refractivity contribution in [3.63, 3.8) is 0 Å². The molecular weight excluding hydrogens is 228 g/mol. The lowest BCUT2D eigenvalue weighted by molar-refractivity contribution is 0.147. The summed E-state index contributed by atoms with van der Waals surface area (Å²) in [5.74, 6) is 1.61. The Bertz CT molecular complexity index is 366. The quantitative estimate of drug-likeness (QED) is 0.865. The van der Waals surface area contributed by atoms with Crippen molar-refractivity contribution in [2.24, 2.45) is 0 Å². The number of rotatable bonds is 5. The van der Waals surface area contributed by atoms with E-state index in [1.807, 2.05) is 7.05 Å². The molecule has 5 nitrogen and oxygen atoms in total. The third-order valence-corrected chi connectivity index (χ3v) is 3.78. The summed E-state index contributed by atoms with van der Waals surface area (Å²) in [7, 11) is 1.95. The summed E-state index contributed by atoms with van der Waals surface area (Å²) in [6.45, 7) is 6.52. The number of piperidine rings is 1. The fourth-order valence-electron chi connectivity index (χ4n) is 2.51. The van der Waals surface area contributed by atoms with Gasteiger partial charge in [-0.05, 0) is 39.9 Å². The first-order valence-electron chi connectivity index (χ1n) is 6.98. The first-order valence-corrected chi connectivity index (χ1v) is 6.98. The maximum Gasteiger partial charge on any atom is 0.228 e. The fraction of sp³-hybridized carbons (Fsp3) is 0.846. The Balaban J connectivity index is 2.03. The molecule has 1 aliphatic rings. The zero-order chi connectivity index (χ0) is 13.0. The highest BCUT2D eigenvalue weighted by Crippen LogP contribution is 2.28. The zero-order valence-electron chi connectivity index (χ0n) is 11.6. The van der Waals surface area contributed by atoms with Crippen LogP contribution in [0.3, 0.4) is 0 Å². The zero-order valence-corrected chi connectivity index (χ0v) is 11.6. The van der Waals surface area contributed by atoms with E-state index in [2.05, 4.69) is 34.2 Å². The van der Waals surface area contributed by atoms with Crippen LogP contribution in [0.15, 0.2) is 4.52 Å². The Labute approximate surface area is 109 Å². The molecule has 1 aromatic heterocycles. The molecule has 0 aromatic carbocycles. The van der Waals surface area contributed by atoms with E-state index in [-0.39, 0.29) is 0 Å².